The van der Waals surface area contributed by atoms with Gasteiger partial charge in [0.1, 0.15) is 0 Å². The number of nitrogens with one attached hydrogen (secondary N) is 1. The number of nitrogens with two attached hydrogens (primary N) is 1. The van der Waals surface area contributed by atoms with E-state index in [1.807, 2.05) is 35.0 Å². The number of aromatic nitrogens is 2. The molecule has 1 heterocycles. The van der Waals surface area contributed by atoms with Crippen molar-refractivity contribution in [2.24, 2.45) is 5.92 Å². The Morgan fingerprint density at radius 2 is 2.09 bits per heavy atom. The second kappa shape index (κ2) is 8.44. The average Bonchev–Trinajstić information content (AvgIpc) is 2.84. The van der Waals surface area contributed by atoms with Crippen molar-refractivity contribution in [3.05, 3.63) is 42.2 Å². The van der Waals surface area contributed by atoms with Crippen molar-refractivity contribution < 1.29 is 4.79 Å². The number of hydrogen-bond acceptors (Lipinski definition) is 3. The van der Waals surface area contributed by atoms with Crippen LogP contribution in [0, 0.1) is 5.92 Å². The van der Waals surface area contributed by atoms with E-state index in [-0.39, 0.29) is 18.3 Å². The fourth-order valence-electron chi connectivity index (χ4n) is 2.17. The molecule has 1 amide bonds. The van der Waals surface area contributed by atoms with Gasteiger partial charge >= 0.3 is 0 Å². The molecule has 0 aliphatic rings. The number of para-hydroxylation sites is 1. The van der Waals surface area contributed by atoms with Crippen LogP contribution in [0.4, 0.5) is 11.6 Å². The predicted molar refractivity (Wildman–Crippen MR) is 92.1 cm³/mol. The molecule has 0 saturated heterocycles. The topological polar surface area (TPSA) is 72.9 Å². The number of amides is 1. The zero-order valence-corrected chi connectivity index (χ0v) is 13.8. The first-order valence-corrected chi connectivity index (χ1v) is 7.20. The van der Waals surface area contributed by atoms with Gasteiger partial charge in [-0.05, 0) is 24.0 Å². The SMILES string of the molecule is CC(C)Cn1ccnc1NC(=O)CCc1ccccc1N.Cl. The first-order chi connectivity index (χ1) is 10.1. The van der Waals surface area contributed by atoms with Gasteiger partial charge in [0, 0.05) is 31.0 Å². The molecule has 0 saturated carbocycles. The van der Waals surface area contributed by atoms with E-state index in [9.17, 15) is 4.79 Å². The summed E-state index contributed by atoms with van der Waals surface area (Å²) in [6.45, 7) is 5.09. The van der Waals surface area contributed by atoms with Crippen LogP contribution >= 0.6 is 12.4 Å². The first-order valence-electron chi connectivity index (χ1n) is 7.20. The normalized spacial score (nSPS) is 10.3. The van der Waals surface area contributed by atoms with Crippen LogP contribution in [0.15, 0.2) is 36.7 Å². The van der Waals surface area contributed by atoms with Gasteiger partial charge < -0.3 is 10.3 Å². The number of rotatable bonds is 6. The zero-order valence-electron chi connectivity index (χ0n) is 13.0. The fraction of sp³-hybridized carbons (Fsp3) is 0.375. The third-order valence-corrected chi connectivity index (χ3v) is 3.21. The van der Waals surface area contributed by atoms with E-state index in [2.05, 4.69) is 24.1 Å². The lowest BCUT2D eigenvalue weighted by molar-refractivity contribution is -0.116. The van der Waals surface area contributed by atoms with E-state index in [0.717, 1.165) is 17.8 Å². The zero-order chi connectivity index (χ0) is 15.2. The lowest BCUT2D eigenvalue weighted by Crippen LogP contribution is -2.17. The van der Waals surface area contributed by atoms with Gasteiger partial charge in [0.2, 0.25) is 11.9 Å². The molecule has 22 heavy (non-hydrogen) atoms. The summed E-state index contributed by atoms with van der Waals surface area (Å²) in [5.74, 6) is 1.06. The summed E-state index contributed by atoms with van der Waals surface area (Å²) in [6.07, 6.45) is 4.60. The molecule has 2 rings (SSSR count). The molecule has 0 spiro atoms. The number of imidazole rings is 1. The van der Waals surface area contributed by atoms with E-state index in [1.165, 1.54) is 0 Å². The van der Waals surface area contributed by atoms with Crippen LogP contribution in [-0.2, 0) is 17.8 Å². The van der Waals surface area contributed by atoms with Crippen molar-refractivity contribution >= 4 is 29.9 Å². The standard InChI is InChI=1S/C16H22N4O.ClH/c1-12(2)11-20-10-9-18-16(20)19-15(21)8-7-13-5-3-4-6-14(13)17;/h3-6,9-10,12H,7-8,11,17H2,1-2H3,(H,18,19,21);1H. The Morgan fingerprint density at radius 3 is 2.77 bits per heavy atom. The third-order valence-electron chi connectivity index (χ3n) is 3.21. The number of benzene rings is 1. The summed E-state index contributed by atoms with van der Waals surface area (Å²) in [5, 5.41) is 2.86. The maximum atomic E-state index is 12.0. The second-order valence-electron chi connectivity index (χ2n) is 5.54. The van der Waals surface area contributed by atoms with Gasteiger partial charge in [0.05, 0.1) is 0 Å². The van der Waals surface area contributed by atoms with Gasteiger partial charge in [-0.3, -0.25) is 10.1 Å². The van der Waals surface area contributed by atoms with Gasteiger partial charge in [0.15, 0.2) is 0 Å². The van der Waals surface area contributed by atoms with Crippen molar-refractivity contribution in [3.8, 4) is 0 Å². The van der Waals surface area contributed by atoms with Gasteiger partial charge in [-0.15, -0.1) is 12.4 Å². The first kappa shape index (κ1) is 18.0. The lowest BCUT2D eigenvalue weighted by atomic mass is 10.1. The number of nitrogens with zero attached hydrogens (tertiary/aromatic N) is 2. The Labute approximate surface area is 137 Å². The summed E-state index contributed by atoms with van der Waals surface area (Å²) in [4.78, 5) is 16.2. The fourth-order valence-corrected chi connectivity index (χ4v) is 2.17. The number of halogens is 1. The van der Waals surface area contributed by atoms with Crippen molar-refractivity contribution in [3.63, 3.8) is 0 Å². The van der Waals surface area contributed by atoms with Crippen LogP contribution in [0.3, 0.4) is 0 Å². The molecular formula is C16H23ClN4O. The van der Waals surface area contributed by atoms with Gasteiger partial charge in [0.25, 0.3) is 0 Å². The number of carbonyl (C=O) groups excluding carboxylic acids is 1. The second-order valence-corrected chi connectivity index (χ2v) is 5.54. The number of aryl methyl sites for hydroxylation is 1. The van der Waals surface area contributed by atoms with Crippen LogP contribution in [-0.4, -0.2) is 15.5 Å². The Kier molecular flexibility index (Phi) is 6.92. The van der Waals surface area contributed by atoms with Crippen molar-refractivity contribution in [1.29, 1.82) is 0 Å². The van der Waals surface area contributed by atoms with E-state index in [1.54, 1.807) is 6.20 Å². The van der Waals surface area contributed by atoms with Crippen LogP contribution in [0.1, 0.15) is 25.8 Å². The number of hydrogen-bond donors (Lipinski definition) is 2. The Balaban J connectivity index is 0.00000242. The predicted octanol–water partition coefficient (Wildman–Crippen LogP) is 3.11. The molecule has 0 unspecified atom stereocenters. The summed E-state index contributed by atoms with van der Waals surface area (Å²) in [5.41, 5.74) is 7.60. The van der Waals surface area contributed by atoms with Crippen molar-refractivity contribution in [2.75, 3.05) is 11.1 Å². The smallest absolute Gasteiger partial charge is 0.227 e. The van der Waals surface area contributed by atoms with Crippen LogP contribution in [0.5, 0.6) is 0 Å². The molecule has 0 fully saturated rings. The number of carbonyl (C=O) groups is 1. The molecule has 0 aliphatic carbocycles. The van der Waals surface area contributed by atoms with Gasteiger partial charge in [-0.2, -0.15) is 0 Å². The third kappa shape index (κ3) is 5.07. The molecule has 0 atom stereocenters. The Morgan fingerprint density at radius 1 is 1.36 bits per heavy atom. The van der Waals surface area contributed by atoms with E-state index in [4.69, 9.17) is 5.73 Å². The minimum absolute atomic E-state index is 0. The van der Waals surface area contributed by atoms with Crippen LogP contribution < -0.4 is 11.1 Å². The summed E-state index contributed by atoms with van der Waals surface area (Å²) in [7, 11) is 0. The monoisotopic (exact) mass is 322 g/mol. The quantitative estimate of drug-likeness (QED) is 0.802. The molecule has 1 aromatic heterocycles. The van der Waals surface area contributed by atoms with Gasteiger partial charge in [-0.1, -0.05) is 32.0 Å². The molecule has 5 nitrogen and oxygen atoms in total. The summed E-state index contributed by atoms with van der Waals surface area (Å²) >= 11 is 0. The molecule has 3 N–H and O–H groups in total. The van der Waals surface area contributed by atoms with Crippen molar-refractivity contribution in [2.45, 2.75) is 33.2 Å². The Hall–Kier alpha value is -2.01. The van der Waals surface area contributed by atoms with Gasteiger partial charge in [-0.25, -0.2) is 4.98 Å². The molecule has 6 heteroatoms. The maximum Gasteiger partial charge on any atom is 0.227 e. The van der Waals surface area contributed by atoms with Crippen LogP contribution in [0.2, 0.25) is 0 Å². The van der Waals surface area contributed by atoms with E-state index in [0.29, 0.717) is 24.7 Å². The number of nitrogen functional groups attached to an aromatic ring is 1. The highest BCUT2D eigenvalue weighted by Gasteiger charge is 2.09. The summed E-state index contributed by atoms with van der Waals surface area (Å²) < 4.78 is 1.96. The molecular weight excluding hydrogens is 300 g/mol. The molecule has 1 aromatic carbocycles. The molecule has 0 radical (unpaired) electrons. The average molecular weight is 323 g/mol. The molecule has 2 aromatic rings. The summed E-state index contributed by atoms with van der Waals surface area (Å²) in [6, 6.07) is 7.62. The van der Waals surface area contributed by atoms with E-state index >= 15 is 0 Å². The van der Waals surface area contributed by atoms with E-state index < -0.39 is 0 Å². The maximum absolute atomic E-state index is 12.0. The van der Waals surface area contributed by atoms with Crippen LogP contribution in [0.25, 0.3) is 0 Å². The Bertz CT molecular complexity index is 610. The van der Waals surface area contributed by atoms with Crippen molar-refractivity contribution in [1.82, 2.24) is 9.55 Å². The highest BCUT2D eigenvalue weighted by molar-refractivity contribution is 5.89. The molecule has 0 aliphatic heterocycles. The highest BCUT2D eigenvalue weighted by atomic mass is 35.5. The molecule has 0 bridgehead atoms. The lowest BCUT2D eigenvalue weighted by Gasteiger charge is -2.11. The minimum Gasteiger partial charge on any atom is -0.399 e. The largest absolute Gasteiger partial charge is 0.399 e. The molecule has 120 valence electrons. The highest BCUT2D eigenvalue weighted by Crippen LogP contribution is 2.14. The minimum atomic E-state index is -0.0468. The number of anilines is 2.